The minimum absolute atomic E-state index is 0.0621. The van der Waals surface area contributed by atoms with Crippen LogP contribution in [-0.4, -0.2) is 30.8 Å². The van der Waals surface area contributed by atoms with Gasteiger partial charge in [-0.2, -0.15) is 0 Å². The predicted molar refractivity (Wildman–Crippen MR) is 73.5 cm³/mol. The topological polar surface area (TPSA) is 47.6 Å². The number of allylic oxidation sites excluding steroid dienone is 1. The van der Waals surface area contributed by atoms with Gasteiger partial charge >= 0.3 is 7.12 Å². The fraction of sp³-hybridized carbons (Fsp3) is 0.786. The first-order chi connectivity index (χ1) is 9.14. The Hall–Kier alpha value is -0.875. The van der Waals surface area contributed by atoms with E-state index in [1.54, 1.807) is 0 Å². The quantitative estimate of drug-likeness (QED) is 0.749. The van der Waals surface area contributed by atoms with E-state index in [0.717, 1.165) is 5.57 Å². The predicted octanol–water partition coefficient (Wildman–Crippen LogP) is 2.14. The van der Waals surface area contributed by atoms with Crippen molar-refractivity contribution >= 4 is 13.0 Å². The van der Waals surface area contributed by atoms with Crippen LogP contribution in [0.3, 0.4) is 0 Å². The van der Waals surface area contributed by atoms with Gasteiger partial charge in [-0.05, 0) is 46.1 Å². The molecule has 3 aliphatic rings. The summed E-state index contributed by atoms with van der Waals surface area (Å²) in [7, 11) is -0.905. The molecular weight excluding hydrogens is 260 g/mol. The third-order valence-corrected chi connectivity index (χ3v) is 5.17. The largest absolute Gasteiger partial charge is 0.525 e. The Morgan fingerprint density at radius 1 is 1.15 bits per heavy atom. The number of rotatable bonds is 1. The molecule has 0 atom stereocenters. The molecular formula is C14H21BFNO3. The van der Waals surface area contributed by atoms with Crippen LogP contribution in [0.15, 0.2) is 11.3 Å². The van der Waals surface area contributed by atoms with Crippen molar-refractivity contribution in [3.05, 3.63) is 11.3 Å². The van der Waals surface area contributed by atoms with Gasteiger partial charge in [0.1, 0.15) is 5.73 Å². The number of hydrogen-bond donors (Lipinski definition) is 1. The lowest BCUT2D eigenvalue weighted by Gasteiger charge is -2.39. The molecule has 3 rings (SSSR count). The fourth-order valence-electron chi connectivity index (χ4n) is 3.14. The lowest BCUT2D eigenvalue weighted by Crippen LogP contribution is -2.41. The highest BCUT2D eigenvalue weighted by atomic mass is 19.1. The molecule has 1 N–H and O–H groups in total. The highest BCUT2D eigenvalue weighted by Crippen LogP contribution is 2.52. The summed E-state index contributed by atoms with van der Waals surface area (Å²) in [5.41, 5.74) is -0.675. The van der Waals surface area contributed by atoms with Gasteiger partial charge in [0.25, 0.3) is 0 Å². The van der Waals surface area contributed by atoms with Crippen molar-refractivity contribution in [2.24, 2.45) is 5.41 Å². The maximum Gasteiger partial charge on any atom is 0.525 e. The zero-order valence-electron chi connectivity index (χ0n) is 12.5. The second-order valence-electron chi connectivity index (χ2n) is 7.35. The van der Waals surface area contributed by atoms with E-state index in [4.69, 9.17) is 9.31 Å². The number of hydrogen-bond acceptors (Lipinski definition) is 3. The summed E-state index contributed by atoms with van der Waals surface area (Å²) in [6.45, 7) is 8.30. The Morgan fingerprint density at radius 2 is 1.70 bits per heavy atom. The van der Waals surface area contributed by atoms with E-state index < -0.39 is 18.3 Å². The van der Waals surface area contributed by atoms with Gasteiger partial charge in [0.05, 0.1) is 11.2 Å². The minimum Gasteiger partial charge on any atom is -0.398 e. The maximum atomic E-state index is 14.5. The normalized spacial score (nSPS) is 34.4. The summed E-state index contributed by atoms with van der Waals surface area (Å²) in [4.78, 5) is 11.3. The van der Waals surface area contributed by atoms with Gasteiger partial charge in [-0.15, -0.1) is 0 Å². The fourth-order valence-corrected chi connectivity index (χ4v) is 3.14. The molecule has 2 aliphatic heterocycles. The van der Waals surface area contributed by atoms with Crippen molar-refractivity contribution in [1.29, 1.82) is 0 Å². The van der Waals surface area contributed by atoms with E-state index in [-0.39, 0.29) is 17.0 Å². The molecule has 0 unspecified atom stereocenters. The average Bonchev–Trinajstić information content (AvgIpc) is 2.75. The van der Waals surface area contributed by atoms with Gasteiger partial charge < -0.3 is 14.6 Å². The summed E-state index contributed by atoms with van der Waals surface area (Å²) < 4.78 is 25.9. The second-order valence-corrected chi connectivity index (χ2v) is 7.35. The zero-order chi connectivity index (χ0) is 14.8. The summed E-state index contributed by atoms with van der Waals surface area (Å²) in [6.07, 6.45) is 1.76. The van der Waals surface area contributed by atoms with Gasteiger partial charge in [0.2, 0.25) is 5.91 Å². The first-order valence-electron chi connectivity index (χ1n) is 7.14. The maximum absolute atomic E-state index is 14.5. The highest BCUT2D eigenvalue weighted by Gasteiger charge is 2.55. The monoisotopic (exact) mass is 281 g/mol. The molecule has 2 saturated heterocycles. The smallest absolute Gasteiger partial charge is 0.398 e. The van der Waals surface area contributed by atoms with Crippen LogP contribution in [0.25, 0.3) is 0 Å². The van der Waals surface area contributed by atoms with Crippen LogP contribution >= 0.6 is 0 Å². The van der Waals surface area contributed by atoms with E-state index in [1.165, 1.54) is 0 Å². The molecule has 0 bridgehead atoms. The first kappa shape index (κ1) is 14.1. The Labute approximate surface area is 119 Å². The lowest BCUT2D eigenvalue weighted by molar-refractivity contribution is -0.119. The number of halogens is 1. The molecule has 6 heteroatoms. The number of carbonyl (C=O) groups excluding carboxylic acids is 1. The lowest BCUT2D eigenvalue weighted by atomic mass is 9.62. The van der Waals surface area contributed by atoms with Crippen LogP contribution in [0.2, 0.25) is 0 Å². The Balaban J connectivity index is 1.71. The Bertz CT molecular complexity index is 477. The average molecular weight is 281 g/mol. The van der Waals surface area contributed by atoms with E-state index >= 15 is 0 Å². The summed E-state index contributed by atoms with van der Waals surface area (Å²) in [6, 6.07) is 0. The van der Waals surface area contributed by atoms with Crippen LogP contribution in [0.4, 0.5) is 4.39 Å². The minimum atomic E-state index is -0.905. The number of nitrogens with one attached hydrogen (secondary N) is 1. The summed E-state index contributed by atoms with van der Waals surface area (Å²) in [5, 5.41) is 2.82. The SMILES string of the molecule is CC1(C)OB(C(F)=C2CC3(CNC(=O)C3)C2)OC1(C)C. The molecule has 4 nitrogen and oxygen atoms in total. The van der Waals surface area contributed by atoms with Crippen molar-refractivity contribution in [2.45, 2.75) is 58.2 Å². The van der Waals surface area contributed by atoms with Gasteiger partial charge in [-0.3, -0.25) is 4.79 Å². The van der Waals surface area contributed by atoms with Crippen LogP contribution in [0.1, 0.15) is 47.0 Å². The molecule has 2 heterocycles. The third kappa shape index (κ3) is 2.01. The summed E-state index contributed by atoms with van der Waals surface area (Å²) in [5.74, 6) is 0.0695. The highest BCUT2D eigenvalue weighted by molar-refractivity contribution is 6.53. The summed E-state index contributed by atoms with van der Waals surface area (Å²) >= 11 is 0. The molecule has 0 radical (unpaired) electrons. The van der Waals surface area contributed by atoms with E-state index in [1.807, 2.05) is 27.7 Å². The second kappa shape index (κ2) is 4.07. The van der Waals surface area contributed by atoms with E-state index in [0.29, 0.717) is 25.8 Å². The van der Waals surface area contributed by atoms with Gasteiger partial charge in [-0.1, -0.05) is 0 Å². The van der Waals surface area contributed by atoms with Crippen LogP contribution in [-0.2, 0) is 14.1 Å². The van der Waals surface area contributed by atoms with Crippen molar-refractivity contribution in [1.82, 2.24) is 5.32 Å². The first-order valence-corrected chi connectivity index (χ1v) is 7.14. The van der Waals surface area contributed by atoms with E-state index in [2.05, 4.69) is 5.32 Å². The molecule has 0 aromatic heterocycles. The Kier molecular flexibility index (Phi) is 2.87. The molecule has 0 aromatic rings. The third-order valence-electron chi connectivity index (χ3n) is 5.17. The van der Waals surface area contributed by atoms with Crippen molar-refractivity contribution in [3.63, 3.8) is 0 Å². The Morgan fingerprint density at radius 3 is 2.15 bits per heavy atom. The van der Waals surface area contributed by atoms with Gasteiger partial charge in [0, 0.05) is 18.4 Å². The molecule has 1 spiro atoms. The standard InChI is InChI=1S/C14H21BFNO3/c1-12(2)13(3,4)20-15(19-12)11(16)9-5-14(6-9)7-10(18)17-8-14/h5-8H2,1-4H3,(H,17,18). The molecule has 1 amide bonds. The van der Waals surface area contributed by atoms with Crippen molar-refractivity contribution in [3.8, 4) is 0 Å². The van der Waals surface area contributed by atoms with Crippen molar-refractivity contribution < 1.29 is 18.5 Å². The molecule has 1 aliphatic carbocycles. The molecule has 110 valence electrons. The molecule has 3 fully saturated rings. The van der Waals surface area contributed by atoms with Gasteiger partial charge in [-0.25, -0.2) is 4.39 Å². The van der Waals surface area contributed by atoms with Crippen molar-refractivity contribution in [2.75, 3.05) is 6.54 Å². The molecule has 20 heavy (non-hydrogen) atoms. The molecule has 1 saturated carbocycles. The number of amides is 1. The molecule has 0 aromatic carbocycles. The zero-order valence-corrected chi connectivity index (χ0v) is 12.5. The number of carbonyl (C=O) groups is 1. The van der Waals surface area contributed by atoms with Crippen LogP contribution in [0.5, 0.6) is 0 Å². The van der Waals surface area contributed by atoms with E-state index in [9.17, 15) is 9.18 Å². The van der Waals surface area contributed by atoms with Crippen LogP contribution in [0, 0.1) is 5.41 Å². The van der Waals surface area contributed by atoms with Crippen LogP contribution < -0.4 is 5.32 Å². The van der Waals surface area contributed by atoms with Gasteiger partial charge in [0.15, 0.2) is 0 Å².